The average molecular weight is 774 g/mol. The van der Waals surface area contributed by atoms with Crippen LogP contribution in [0.2, 0.25) is 0 Å². The molecule has 0 fully saturated rings. The maximum Gasteiger partial charge on any atom is 0.408 e. The summed E-state index contributed by atoms with van der Waals surface area (Å²) in [6.07, 6.45) is 0.106. The molecule has 0 aliphatic carbocycles. The van der Waals surface area contributed by atoms with E-state index in [0.29, 0.717) is 11.1 Å². The molecule has 0 radical (unpaired) electrons. The van der Waals surface area contributed by atoms with Gasteiger partial charge in [0.15, 0.2) is 0 Å². The van der Waals surface area contributed by atoms with Gasteiger partial charge in [0, 0.05) is 0 Å². The number of rotatable bonds is 22. The van der Waals surface area contributed by atoms with Crippen LogP contribution in [-0.2, 0) is 67.3 Å². The van der Waals surface area contributed by atoms with Crippen molar-refractivity contribution in [3.05, 3.63) is 127 Å². The van der Waals surface area contributed by atoms with Crippen LogP contribution in [0.5, 0.6) is 5.75 Å². The molecule has 0 aliphatic rings. The lowest BCUT2D eigenvalue weighted by Gasteiger charge is -2.23. The second-order valence-corrected chi connectivity index (χ2v) is 11.8. The Labute approximate surface area is 322 Å². The Kier molecular flexibility index (Phi) is 18.5. The molecule has 56 heavy (non-hydrogen) atoms. The van der Waals surface area contributed by atoms with Crippen LogP contribution >= 0.6 is 0 Å². The molecule has 0 heterocycles. The number of ether oxygens (including phenoxy) is 5. The molecule has 0 saturated heterocycles. The van der Waals surface area contributed by atoms with Crippen LogP contribution in [0.3, 0.4) is 0 Å². The number of aliphatic hydroxyl groups is 1. The van der Waals surface area contributed by atoms with Crippen molar-refractivity contribution < 1.29 is 62.4 Å². The van der Waals surface area contributed by atoms with E-state index in [1.165, 1.54) is 24.3 Å². The number of aliphatic hydroxyl groups excluding tert-OH is 1. The first kappa shape index (κ1) is 43.6. The molecule has 3 atom stereocenters. The van der Waals surface area contributed by atoms with Crippen LogP contribution in [0.4, 0.5) is 4.79 Å². The molecule has 0 unspecified atom stereocenters. The molecule has 16 heteroatoms. The van der Waals surface area contributed by atoms with Crippen LogP contribution in [0.25, 0.3) is 0 Å². The predicted molar refractivity (Wildman–Crippen MR) is 198 cm³/mol. The Balaban J connectivity index is 1.61. The van der Waals surface area contributed by atoms with E-state index in [1.54, 1.807) is 54.6 Å². The van der Waals surface area contributed by atoms with Gasteiger partial charge >= 0.3 is 30.0 Å². The van der Waals surface area contributed by atoms with Crippen LogP contribution < -0.4 is 20.7 Å². The van der Waals surface area contributed by atoms with E-state index in [1.807, 2.05) is 18.2 Å². The fraction of sp³-hybridized carbons (Fsp3) is 0.275. The molecule has 0 aromatic heterocycles. The van der Waals surface area contributed by atoms with Crippen LogP contribution in [0.15, 0.2) is 110 Å². The Morgan fingerprint density at radius 3 is 1.71 bits per heavy atom. The summed E-state index contributed by atoms with van der Waals surface area (Å²) in [5, 5.41) is 16.7. The first-order valence-electron chi connectivity index (χ1n) is 17.2. The van der Waals surface area contributed by atoms with E-state index >= 15 is 0 Å². The van der Waals surface area contributed by atoms with E-state index < -0.39 is 79.4 Å². The molecular weight excluding hydrogens is 730 g/mol. The van der Waals surface area contributed by atoms with Crippen molar-refractivity contribution in [2.24, 2.45) is 0 Å². The molecule has 3 amide bonds. The van der Waals surface area contributed by atoms with Gasteiger partial charge < -0.3 is 44.7 Å². The lowest BCUT2D eigenvalue weighted by molar-refractivity contribution is -0.154. The summed E-state index contributed by atoms with van der Waals surface area (Å²) in [4.78, 5) is 89.3. The van der Waals surface area contributed by atoms with Crippen LogP contribution in [-0.4, -0.2) is 84.8 Å². The number of carbonyl (C=O) groups is 7. The molecule has 3 aromatic rings. The number of benzene rings is 3. The number of carbonyl (C=O) groups excluding carboxylic acids is 7. The summed E-state index contributed by atoms with van der Waals surface area (Å²) in [6, 6.07) is 18.8. The second kappa shape index (κ2) is 23.8. The highest BCUT2D eigenvalue weighted by molar-refractivity contribution is 5.95. The van der Waals surface area contributed by atoms with Gasteiger partial charge in [0.05, 0.1) is 25.9 Å². The molecule has 0 aliphatic heterocycles. The van der Waals surface area contributed by atoms with Crippen LogP contribution in [0.1, 0.15) is 29.5 Å². The van der Waals surface area contributed by atoms with Gasteiger partial charge in [0.2, 0.25) is 11.8 Å². The highest BCUT2D eigenvalue weighted by atomic mass is 16.6. The van der Waals surface area contributed by atoms with E-state index in [-0.39, 0.29) is 38.6 Å². The monoisotopic (exact) mass is 773 g/mol. The van der Waals surface area contributed by atoms with Crippen molar-refractivity contribution in [3.63, 3.8) is 0 Å². The Bertz CT molecular complexity index is 1800. The van der Waals surface area contributed by atoms with Gasteiger partial charge in [-0.2, -0.15) is 0 Å². The van der Waals surface area contributed by atoms with Crippen LogP contribution in [0, 0.1) is 0 Å². The maximum absolute atomic E-state index is 13.3. The fourth-order valence-corrected chi connectivity index (χ4v) is 4.64. The summed E-state index contributed by atoms with van der Waals surface area (Å²) >= 11 is 0. The number of hydrogen-bond donors (Lipinski definition) is 4. The maximum atomic E-state index is 13.3. The first-order valence-corrected chi connectivity index (χ1v) is 17.2. The van der Waals surface area contributed by atoms with Crippen molar-refractivity contribution in [1.82, 2.24) is 16.0 Å². The SMILES string of the molecule is C=CCOC(=O)C[C@H](NC(=O)OCc1ccc(OC(=O)Cc2ccccc2)cc1)C(=O)N[C@@H](CO)C(=O)N[C@@H](CC(=O)OCc1ccccc1)C(=O)OCC=C. The smallest absolute Gasteiger partial charge is 0.408 e. The van der Waals surface area contributed by atoms with Gasteiger partial charge in [-0.3, -0.25) is 24.0 Å². The zero-order valence-corrected chi connectivity index (χ0v) is 30.4. The van der Waals surface area contributed by atoms with Gasteiger partial charge in [-0.15, -0.1) is 0 Å². The molecule has 3 rings (SSSR count). The average Bonchev–Trinajstić information content (AvgIpc) is 3.20. The summed E-state index contributed by atoms with van der Waals surface area (Å²) in [5.41, 5.74) is 1.94. The van der Waals surface area contributed by atoms with Crippen molar-refractivity contribution >= 4 is 41.8 Å². The second-order valence-electron chi connectivity index (χ2n) is 11.8. The molecule has 0 spiro atoms. The minimum absolute atomic E-state index is 0.0722. The Morgan fingerprint density at radius 2 is 1.09 bits per heavy atom. The van der Waals surface area contributed by atoms with E-state index in [4.69, 9.17) is 23.7 Å². The minimum atomic E-state index is -1.73. The molecule has 0 bridgehead atoms. The van der Waals surface area contributed by atoms with E-state index in [9.17, 15) is 38.7 Å². The third-order valence-electron chi connectivity index (χ3n) is 7.43. The molecule has 3 aromatic carbocycles. The Hall–Kier alpha value is -6.81. The van der Waals surface area contributed by atoms with Crippen molar-refractivity contribution in [1.29, 1.82) is 0 Å². The fourth-order valence-electron chi connectivity index (χ4n) is 4.64. The summed E-state index contributed by atoms with van der Waals surface area (Å²) < 4.78 is 25.7. The quantitative estimate of drug-likeness (QED) is 0.0499. The lowest BCUT2D eigenvalue weighted by atomic mass is 10.1. The van der Waals surface area contributed by atoms with Gasteiger partial charge in [0.25, 0.3) is 0 Å². The topological polar surface area (TPSA) is 222 Å². The van der Waals surface area contributed by atoms with Crippen molar-refractivity contribution in [3.8, 4) is 5.75 Å². The van der Waals surface area contributed by atoms with Gasteiger partial charge in [-0.1, -0.05) is 98.1 Å². The highest BCUT2D eigenvalue weighted by Gasteiger charge is 2.32. The third kappa shape index (κ3) is 16.1. The van der Waals surface area contributed by atoms with Gasteiger partial charge in [0.1, 0.15) is 50.3 Å². The molecule has 4 N–H and O–H groups in total. The zero-order chi connectivity index (χ0) is 40.7. The normalized spacial score (nSPS) is 11.9. The molecule has 0 saturated carbocycles. The summed E-state index contributed by atoms with van der Waals surface area (Å²) in [7, 11) is 0. The first-order chi connectivity index (χ1) is 27.0. The van der Waals surface area contributed by atoms with Gasteiger partial charge in [-0.05, 0) is 28.8 Å². The van der Waals surface area contributed by atoms with Crippen molar-refractivity contribution in [2.45, 2.75) is 50.6 Å². The van der Waals surface area contributed by atoms with Crippen molar-refractivity contribution in [2.75, 3.05) is 19.8 Å². The van der Waals surface area contributed by atoms with Gasteiger partial charge in [-0.25, -0.2) is 9.59 Å². The summed E-state index contributed by atoms with van der Waals surface area (Å²) in [6.45, 7) is 5.04. The lowest BCUT2D eigenvalue weighted by Crippen LogP contribution is -2.57. The largest absolute Gasteiger partial charge is 0.461 e. The predicted octanol–water partition coefficient (Wildman–Crippen LogP) is 2.37. The summed E-state index contributed by atoms with van der Waals surface area (Å²) in [5.74, 6) is -5.24. The number of amides is 3. The number of alkyl carbamates (subject to hydrolysis) is 1. The zero-order valence-electron chi connectivity index (χ0n) is 30.4. The Morgan fingerprint density at radius 1 is 0.571 bits per heavy atom. The highest BCUT2D eigenvalue weighted by Crippen LogP contribution is 2.15. The number of hydrogen-bond acceptors (Lipinski definition) is 13. The third-order valence-corrected chi connectivity index (χ3v) is 7.43. The van der Waals surface area contributed by atoms with E-state index in [0.717, 1.165) is 5.56 Å². The molecule has 296 valence electrons. The standard InChI is InChI=1S/C40H43N3O13/c1-3-19-52-34(45)22-31(43-40(51)55-26-29-15-17-30(18-16-29)56-36(47)21-27-11-7-5-8-12-27)37(48)42-33(24-44)38(49)41-32(39(50)53-20-4-2)23-35(46)54-25-28-13-9-6-10-14-28/h3-18,31-33,44H,1-2,19-26H2,(H,41,49)(H,42,48)(H,43,51)/t31-,32-,33-/m0/s1. The number of esters is 4. The number of nitrogens with one attached hydrogen (secondary N) is 3. The van der Waals surface area contributed by atoms with E-state index in [2.05, 4.69) is 29.1 Å². The minimum Gasteiger partial charge on any atom is -0.461 e. The molecule has 16 nitrogen and oxygen atoms in total. The molecular formula is C40H43N3O13.